The number of ether oxygens (including phenoxy) is 1. The molecule has 1 saturated heterocycles. The minimum absolute atomic E-state index is 0.147. The average Bonchev–Trinajstić information content (AvgIpc) is 2.38. The maximum Gasteiger partial charge on any atom is 0.414 e. The quantitative estimate of drug-likeness (QED) is 0.893. The molecule has 1 N–H and O–H groups in total. The second kappa shape index (κ2) is 5.40. The van der Waals surface area contributed by atoms with Gasteiger partial charge in [0, 0.05) is 12.1 Å². The molecule has 0 radical (unpaired) electrons. The van der Waals surface area contributed by atoms with Crippen LogP contribution in [0.4, 0.5) is 10.5 Å². The van der Waals surface area contributed by atoms with Gasteiger partial charge in [0.2, 0.25) is 0 Å². The third-order valence-corrected chi connectivity index (χ3v) is 2.90. The van der Waals surface area contributed by atoms with Crippen LogP contribution in [0, 0.1) is 11.3 Å². The van der Waals surface area contributed by atoms with Gasteiger partial charge in [-0.3, -0.25) is 9.69 Å². The van der Waals surface area contributed by atoms with Crippen molar-refractivity contribution in [2.75, 3.05) is 11.5 Å². The van der Waals surface area contributed by atoms with Crippen molar-refractivity contribution in [3.63, 3.8) is 0 Å². The molecule has 1 atom stereocenters. The number of rotatable bonds is 3. The first kappa shape index (κ1) is 12.9. The van der Waals surface area contributed by atoms with Crippen LogP contribution in [-0.4, -0.2) is 29.8 Å². The second-order valence-corrected chi connectivity index (χ2v) is 4.19. The summed E-state index contributed by atoms with van der Waals surface area (Å²) in [5.41, 5.74) is 0.889. The summed E-state index contributed by atoms with van der Waals surface area (Å²) in [6.07, 6.45) is -0.270. The highest BCUT2D eigenvalue weighted by Gasteiger charge is 2.32. The van der Waals surface area contributed by atoms with Crippen molar-refractivity contribution in [3.05, 3.63) is 29.8 Å². The molecule has 2 rings (SSSR count). The number of amides is 1. The number of nitrogens with zero attached hydrogens (tertiary/aromatic N) is 2. The number of carboxylic acid groups (broad SMARTS) is 1. The lowest BCUT2D eigenvalue weighted by atomic mass is 10.1. The number of anilines is 1. The van der Waals surface area contributed by atoms with Gasteiger partial charge in [-0.05, 0) is 18.2 Å². The molecule has 98 valence electrons. The molecule has 1 amide bonds. The fourth-order valence-corrected chi connectivity index (χ4v) is 2.07. The van der Waals surface area contributed by atoms with Crippen LogP contribution in [0.3, 0.4) is 0 Å². The smallest absolute Gasteiger partial charge is 0.414 e. The van der Waals surface area contributed by atoms with Crippen molar-refractivity contribution in [3.8, 4) is 6.07 Å². The molecular formula is C13H12N2O4. The fraction of sp³-hybridized carbons (Fsp3) is 0.308. The van der Waals surface area contributed by atoms with E-state index in [1.165, 1.54) is 4.90 Å². The van der Waals surface area contributed by atoms with Gasteiger partial charge in [0.05, 0.1) is 30.7 Å². The van der Waals surface area contributed by atoms with E-state index in [1.54, 1.807) is 24.3 Å². The van der Waals surface area contributed by atoms with E-state index in [0.29, 0.717) is 17.7 Å². The van der Waals surface area contributed by atoms with E-state index < -0.39 is 18.1 Å². The Hall–Kier alpha value is -2.55. The molecule has 1 heterocycles. The van der Waals surface area contributed by atoms with Crippen LogP contribution in [0.2, 0.25) is 0 Å². The van der Waals surface area contributed by atoms with Crippen LogP contribution < -0.4 is 4.90 Å². The number of carboxylic acids is 1. The van der Waals surface area contributed by atoms with E-state index in [4.69, 9.17) is 15.1 Å². The number of nitriles is 1. The van der Waals surface area contributed by atoms with Crippen molar-refractivity contribution >= 4 is 17.7 Å². The van der Waals surface area contributed by atoms with Gasteiger partial charge in [0.15, 0.2) is 0 Å². The number of carbonyl (C=O) groups is 2. The molecular weight excluding hydrogens is 248 g/mol. The van der Waals surface area contributed by atoms with Crippen LogP contribution in [0.15, 0.2) is 24.3 Å². The topological polar surface area (TPSA) is 90.6 Å². The Morgan fingerprint density at radius 3 is 3.05 bits per heavy atom. The Morgan fingerprint density at radius 1 is 1.58 bits per heavy atom. The van der Waals surface area contributed by atoms with Gasteiger partial charge in [-0.15, -0.1) is 0 Å². The molecule has 1 aromatic rings. The van der Waals surface area contributed by atoms with Crippen molar-refractivity contribution in [1.29, 1.82) is 5.26 Å². The SMILES string of the molecule is N#Cc1cccc(N2C(=O)OCCC2CC(=O)O)c1. The zero-order valence-electron chi connectivity index (χ0n) is 10.1. The van der Waals surface area contributed by atoms with E-state index in [9.17, 15) is 9.59 Å². The van der Waals surface area contributed by atoms with E-state index in [1.807, 2.05) is 6.07 Å². The predicted molar refractivity (Wildman–Crippen MR) is 65.6 cm³/mol. The Balaban J connectivity index is 2.33. The van der Waals surface area contributed by atoms with Gasteiger partial charge in [0.1, 0.15) is 0 Å². The summed E-state index contributed by atoms with van der Waals surface area (Å²) in [5.74, 6) is -0.971. The third kappa shape index (κ3) is 2.83. The van der Waals surface area contributed by atoms with Gasteiger partial charge in [-0.25, -0.2) is 4.79 Å². The zero-order valence-corrected chi connectivity index (χ0v) is 10.1. The molecule has 0 spiro atoms. The Bertz CT molecular complexity index is 550. The number of benzene rings is 1. The van der Waals surface area contributed by atoms with Crippen LogP contribution in [0.25, 0.3) is 0 Å². The summed E-state index contributed by atoms with van der Waals surface area (Å²) in [6, 6.07) is 7.99. The molecule has 0 aromatic heterocycles. The molecule has 1 aromatic carbocycles. The molecule has 0 aliphatic carbocycles. The minimum atomic E-state index is -0.971. The van der Waals surface area contributed by atoms with Gasteiger partial charge in [-0.2, -0.15) is 5.26 Å². The standard InChI is InChI=1S/C13H12N2O4/c14-8-9-2-1-3-10(6-9)15-11(7-12(16)17)4-5-19-13(15)18/h1-3,6,11H,4-5,7H2,(H,16,17). The predicted octanol–water partition coefficient (Wildman–Crippen LogP) is 1.75. The largest absolute Gasteiger partial charge is 0.481 e. The van der Waals surface area contributed by atoms with Gasteiger partial charge in [0.25, 0.3) is 0 Å². The van der Waals surface area contributed by atoms with E-state index in [0.717, 1.165) is 0 Å². The average molecular weight is 260 g/mol. The Labute approximate surface area is 109 Å². The summed E-state index contributed by atoms with van der Waals surface area (Å²) in [5, 5.41) is 17.7. The van der Waals surface area contributed by atoms with Crippen LogP contribution in [0.5, 0.6) is 0 Å². The van der Waals surface area contributed by atoms with E-state index >= 15 is 0 Å². The maximum absolute atomic E-state index is 11.8. The van der Waals surface area contributed by atoms with Crippen LogP contribution >= 0.6 is 0 Å². The highest BCUT2D eigenvalue weighted by atomic mass is 16.6. The van der Waals surface area contributed by atoms with E-state index in [2.05, 4.69) is 0 Å². The molecule has 1 aliphatic heterocycles. The van der Waals surface area contributed by atoms with E-state index in [-0.39, 0.29) is 13.0 Å². The molecule has 6 heteroatoms. The third-order valence-electron chi connectivity index (χ3n) is 2.90. The van der Waals surface area contributed by atoms with Crippen molar-refractivity contribution in [2.45, 2.75) is 18.9 Å². The summed E-state index contributed by atoms with van der Waals surface area (Å²) in [6.45, 7) is 0.214. The lowest BCUT2D eigenvalue weighted by Crippen LogP contribution is -2.46. The number of hydrogen-bond acceptors (Lipinski definition) is 4. The normalized spacial score (nSPS) is 18.6. The van der Waals surface area contributed by atoms with Crippen molar-refractivity contribution < 1.29 is 19.4 Å². The summed E-state index contributed by atoms with van der Waals surface area (Å²) < 4.78 is 4.94. The van der Waals surface area contributed by atoms with Crippen LogP contribution in [-0.2, 0) is 9.53 Å². The molecule has 6 nitrogen and oxygen atoms in total. The lowest BCUT2D eigenvalue weighted by molar-refractivity contribution is -0.137. The molecule has 19 heavy (non-hydrogen) atoms. The molecule has 1 aliphatic rings. The summed E-state index contributed by atoms with van der Waals surface area (Å²) >= 11 is 0. The Morgan fingerprint density at radius 2 is 2.37 bits per heavy atom. The summed E-state index contributed by atoms with van der Waals surface area (Å²) in [4.78, 5) is 24.0. The fourth-order valence-electron chi connectivity index (χ4n) is 2.07. The number of cyclic esters (lactones) is 1. The maximum atomic E-state index is 11.8. The molecule has 0 bridgehead atoms. The summed E-state index contributed by atoms with van der Waals surface area (Å²) in [7, 11) is 0. The molecule has 1 unspecified atom stereocenters. The lowest BCUT2D eigenvalue weighted by Gasteiger charge is -2.34. The Kier molecular flexibility index (Phi) is 3.66. The highest BCUT2D eigenvalue weighted by molar-refractivity contribution is 5.90. The number of hydrogen-bond donors (Lipinski definition) is 1. The first-order chi connectivity index (χ1) is 9.11. The number of carbonyl (C=O) groups excluding carboxylic acids is 1. The van der Waals surface area contributed by atoms with Gasteiger partial charge in [-0.1, -0.05) is 6.07 Å². The molecule has 1 fully saturated rings. The van der Waals surface area contributed by atoms with Crippen molar-refractivity contribution in [1.82, 2.24) is 0 Å². The second-order valence-electron chi connectivity index (χ2n) is 4.19. The molecule has 0 saturated carbocycles. The first-order valence-corrected chi connectivity index (χ1v) is 5.80. The monoisotopic (exact) mass is 260 g/mol. The highest BCUT2D eigenvalue weighted by Crippen LogP contribution is 2.25. The van der Waals surface area contributed by atoms with Gasteiger partial charge >= 0.3 is 12.1 Å². The van der Waals surface area contributed by atoms with Gasteiger partial charge < -0.3 is 9.84 Å². The zero-order chi connectivity index (χ0) is 13.8. The number of aliphatic carboxylic acids is 1. The van der Waals surface area contributed by atoms with Crippen molar-refractivity contribution in [2.24, 2.45) is 0 Å². The minimum Gasteiger partial charge on any atom is -0.481 e. The van der Waals surface area contributed by atoms with Crippen LogP contribution in [0.1, 0.15) is 18.4 Å². The first-order valence-electron chi connectivity index (χ1n) is 5.80.